The highest BCUT2D eigenvalue weighted by molar-refractivity contribution is 6.31. The molecule has 1 heterocycles. The standard InChI is InChI=1S/C29H29ClF3N3O/c30-23-11-14-25-26(15-19-36-27(25)20-23)35-18-5-17-34-16-4-8-28(21-6-2-1-3-7-21)37-24-12-9-22(10-13-24)29(31,32)33/h1-3,6-7,9-15,19-20,28,34H,4-5,8,16-18H2,(H,35,36). The Morgan fingerprint density at radius 1 is 0.865 bits per heavy atom. The molecule has 0 aliphatic carbocycles. The molecule has 1 aromatic heterocycles. The number of hydrogen-bond donors (Lipinski definition) is 2. The number of nitrogens with one attached hydrogen (secondary N) is 2. The highest BCUT2D eigenvalue weighted by Gasteiger charge is 2.30. The average Bonchev–Trinajstić information content (AvgIpc) is 2.89. The molecule has 8 heteroatoms. The fraction of sp³-hybridized carbons (Fsp3) is 0.276. The summed E-state index contributed by atoms with van der Waals surface area (Å²) in [5.41, 5.74) is 2.21. The number of hydrogen-bond acceptors (Lipinski definition) is 4. The minimum atomic E-state index is -4.36. The predicted octanol–water partition coefficient (Wildman–Crippen LogP) is 7.90. The Morgan fingerprint density at radius 2 is 1.62 bits per heavy atom. The molecule has 4 nitrogen and oxygen atoms in total. The van der Waals surface area contributed by atoms with Crippen LogP contribution < -0.4 is 15.4 Å². The van der Waals surface area contributed by atoms with Crippen molar-refractivity contribution < 1.29 is 17.9 Å². The second-order valence-electron chi connectivity index (χ2n) is 8.73. The molecule has 0 saturated carbocycles. The van der Waals surface area contributed by atoms with Crippen LogP contribution in [0.5, 0.6) is 5.75 Å². The van der Waals surface area contributed by atoms with Crippen molar-refractivity contribution in [3.63, 3.8) is 0 Å². The monoisotopic (exact) mass is 527 g/mol. The molecule has 194 valence electrons. The third kappa shape index (κ3) is 7.84. The van der Waals surface area contributed by atoms with Crippen molar-refractivity contribution >= 4 is 28.2 Å². The summed E-state index contributed by atoms with van der Waals surface area (Å²) in [6, 6.07) is 22.3. The van der Waals surface area contributed by atoms with E-state index in [1.54, 1.807) is 6.20 Å². The van der Waals surface area contributed by atoms with Gasteiger partial charge in [-0.05, 0) is 86.4 Å². The first-order valence-corrected chi connectivity index (χ1v) is 12.7. The maximum Gasteiger partial charge on any atom is 0.416 e. The number of alkyl halides is 3. The lowest BCUT2D eigenvalue weighted by molar-refractivity contribution is -0.137. The minimum absolute atomic E-state index is 0.241. The third-order valence-electron chi connectivity index (χ3n) is 6.00. The van der Waals surface area contributed by atoms with E-state index >= 15 is 0 Å². The molecule has 0 aliphatic rings. The fourth-order valence-electron chi connectivity index (χ4n) is 4.10. The van der Waals surface area contributed by atoms with E-state index in [4.69, 9.17) is 16.3 Å². The quantitative estimate of drug-likeness (QED) is 0.184. The van der Waals surface area contributed by atoms with Gasteiger partial charge in [-0.1, -0.05) is 41.9 Å². The Balaban J connectivity index is 1.21. The highest BCUT2D eigenvalue weighted by Crippen LogP contribution is 2.32. The van der Waals surface area contributed by atoms with E-state index in [2.05, 4.69) is 15.6 Å². The maximum absolute atomic E-state index is 12.9. The van der Waals surface area contributed by atoms with Crippen LogP contribution >= 0.6 is 11.6 Å². The van der Waals surface area contributed by atoms with Gasteiger partial charge in [0.05, 0.1) is 11.1 Å². The number of anilines is 1. The molecular formula is C29H29ClF3N3O. The Morgan fingerprint density at radius 3 is 2.38 bits per heavy atom. The van der Waals surface area contributed by atoms with Crippen molar-refractivity contribution in [3.8, 4) is 5.75 Å². The number of fused-ring (bicyclic) bond motifs is 1. The first-order chi connectivity index (χ1) is 17.9. The van der Waals surface area contributed by atoms with Gasteiger partial charge in [-0.2, -0.15) is 13.2 Å². The van der Waals surface area contributed by atoms with Crippen molar-refractivity contribution in [1.29, 1.82) is 0 Å². The van der Waals surface area contributed by atoms with Crippen LogP contribution in [0.2, 0.25) is 5.02 Å². The summed E-state index contributed by atoms with van der Waals surface area (Å²) >= 11 is 6.06. The van der Waals surface area contributed by atoms with Gasteiger partial charge in [-0.25, -0.2) is 0 Å². The van der Waals surface area contributed by atoms with Gasteiger partial charge in [-0.15, -0.1) is 0 Å². The molecule has 0 fully saturated rings. The first-order valence-electron chi connectivity index (χ1n) is 12.3. The van der Waals surface area contributed by atoms with Crippen LogP contribution in [0.15, 0.2) is 85.1 Å². The van der Waals surface area contributed by atoms with Gasteiger partial charge in [0.25, 0.3) is 0 Å². The van der Waals surface area contributed by atoms with E-state index in [0.29, 0.717) is 10.8 Å². The van der Waals surface area contributed by atoms with Gasteiger partial charge in [0.1, 0.15) is 11.9 Å². The summed E-state index contributed by atoms with van der Waals surface area (Å²) in [5, 5.41) is 8.63. The Labute approximate surface area is 219 Å². The molecule has 0 spiro atoms. The Bertz CT molecular complexity index is 1270. The van der Waals surface area contributed by atoms with Crippen molar-refractivity contribution in [2.24, 2.45) is 0 Å². The fourth-order valence-corrected chi connectivity index (χ4v) is 4.26. The van der Waals surface area contributed by atoms with Crippen LogP contribution in [-0.2, 0) is 6.18 Å². The molecule has 3 aromatic carbocycles. The number of pyridine rings is 1. The van der Waals surface area contributed by atoms with Crippen LogP contribution in [0.3, 0.4) is 0 Å². The van der Waals surface area contributed by atoms with E-state index in [9.17, 15) is 13.2 Å². The van der Waals surface area contributed by atoms with E-state index in [0.717, 1.165) is 73.2 Å². The molecule has 0 saturated heterocycles. The van der Waals surface area contributed by atoms with E-state index in [1.165, 1.54) is 12.1 Å². The third-order valence-corrected chi connectivity index (χ3v) is 6.24. The zero-order valence-corrected chi connectivity index (χ0v) is 21.0. The molecule has 0 aliphatic heterocycles. The van der Waals surface area contributed by atoms with Crippen LogP contribution in [0.1, 0.15) is 36.5 Å². The van der Waals surface area contributed by atoms with E-state index in [1.807, 2.05) is 54.6 Å². The predicted molar refractivity (Wildman–Crippen MR) is 143 cm³/mol. The summed E-state index contributed by atoms with van der Waals surface area (Å²) in [5.74, 6) is 0.423. The summed E-state index contributed by atoms with van der Waals surface area (Å²) in [7, 11) is 0. The second kappa shape index (κ2) is 12.8. The van der Waals surface area contributed by atoms with Gasteiger partial charge in [0, 0.05) is 28.8 Å². The molecule has 0 bridgehead atoms. The lowest BCUT2D eigenvalue weighted by Gasteiger charge is -2.20. The summed E-state index contributed by atoms with van der Waals surface area (Å²) in [6.07, 6.45) is -0.282. The van der Waals surface area contributed by atoms with Crippen molar-refractivity contribution in [3.05, 3.63) is 101 Å². The lowest BCUT2D eigenvalue weighted by Crippen LogP contribution is -2.20. The molecule has 0 radical (unpaired) electrons. The average molecular weight is 528 g/mol. The maximum atomic E-state index is 12.9. The SMILES string of the molecule is FC(F)(F)c1ccc(OC(CCCNCCCNc2ccnc3cc(Cl)ccc23)c2ccccc2)cc1. The number of rotatable bonds is 12. The largest absolute Gasteiger partial charge is 0.486 e. The molecule has 4 rings (SSSR count). The van der Waals surface area contributed by atoms with Gasteiger partial charge >= 0.3 is 6.18 Å². The van der Waals surface area contributed by atoms with Crippen LogP contribution in [0.25, 0.3) is 10.9 Å². The molecular weight excluding hydrogens is 499 g/mol. The first kappa shape index (κ1) is 26.8. The van der Waals surface area contributed by atoms with Gasteiger partial charge in [0.15, 0.2) is 0 Å². The van der Waals surface area contributed by atoms with E-state index in [-0.39, 0.29) is 6.10 Å². The summed E-state index contributed by atoms with van der Waals surface area (Å²) < 4.78 is 44.7. The molecule has 4 aromatic rings. The zero-order chi connectivity index (χ0) is 26.1. The highest BCUT2D eigenvalue weighted by atomic mass is 35.5. The molecule has 2 N–H and O–H groups in total. The smallest absolute Gasteiger partial charge is 0.416 e. The molecule has 1 unspecified atom stereocenters. The Hall–Kier alpha value is -3.29. The number of nitrogens with zero attached hydrogens (tertiary/aromatic N) is 1. The van der Waals surface area contributed by atoms with E-state index < -0.39 is 11.7 Å². The number of halogens is 4. The summed E-state index contributed by atoms with van der Waals surface area (Å²) in [4.78, 5) is 4.36. The second-order valence-corrected chi connectivity index (χ2v) is 9.17. The zero-order valence-electron chi connectivity index (χ0n) is 20.3. The topological polar surface area (TPSA) is 46.2 Å². The minimum Gasteiger partial charge on any atom is -0.486 e. The van der Waals surface area contributed by atoms with Crippen LogP contribution in [0.4, 0.5) is 18.9 Å². The van der Waals surface area contributed by atoms with Crippen LogP contribution in [0, 0.1) is 0 Å². The van der Waals surface area contributed by atoms with Crippen molar-refractivity contribution in [2.45, 2.75) is 31.5 Å². The van der Waals surface area contributed by atoms with Crippen LogP contribution in [-0.4, -0.2) is 24.6 Å². The molecule has 1 atom stereocenters. The normalized spacial score (nSPS) is 12.4. The number of aromatic nitrogens is 1. The van der Waals surface area contributed by atoms with Gasteiger partial charge in [0.2, 0.25) is 0 Å². The molecule has 37 heavy (non-hydrogen) atoms. The molecule has 0 amide bonds. The number of ether oxygens (including phenoxy) is 1. The van der Waals surface area contributed by atoms with Gasteiger partial charge in [-0.3, -0.25) is 4.98 Å². The number of benzene rings is 3. The Kier molecular flexibility index (Phi) is 9.25. The van der Waals surface area contributed by atoms with Crippen molar-refractivity contribution in [1.82, 2.24) is 10.3 Å². The van der Waals surface area contributed by atoms with Crippen molar-refractivity contribution in [2.75, 3.05) is 25.0 Å². The lowest BCUT2D eigenvalue weighted by atomic mass is 10.0. The van der Waals surface area contributed by atoms with Gasteiger partial charge < -0.3 is 15.4 Å². The summed E-state index contributed by atoms with van der Waals surface area (Å²) in [6.45, 7) is 2.49.